The Bertz CT molecular complexity index is 836. The zero-order valence-electron chi connectivity index (χ0n) is 11.8. The van der Waals surface area contributed by atoms with Gasteiger partial charge in [0.15, 0.2) is 5.82 Å². The van der Waals surface area contributed by atoms with E-state index < -0.39 is 4.92 Å². The second kappa shape index (κ2) is 6.93. The highest BCUT2D eigenvalue weighted by molar-refractivity contribution is 9.10. The Balaban J connectivity index is 1.69. The summed E-state index contributed by atoms with van der Waals surface area (Å²) in [5.74, 6) is 1.26. The number of aromatic amines is 1. The third kappa shape index (κ3) is 3.96. The van der Waals surface area contributed by atoms with Crippen LogP contribution in [0.4, 0.5) is 5.69 Å². The van der Waals surface area contributed by atoms with E-state index in [9.17, 15) is 10.1 Å². The number of halogens is 1. The number of hydrogen-bond acceptors (Lipinski definition) is 5. The molecule has 6 nitrogen and oxygen atoms in total. The molecule has 0 atom stereocenters. The third-order valence-corrected chi connectivity index (χ3v) is 4.52. The maximum Gasteiger partial charge on any atom is 0.269 e. The zero-order chi connectivity index (χ0) is 16.2. The molecule has 0 spiro atoms. The number of thioether (sulfide) groups is 1. The lowest BCUT2D eigenvalue weighted by atomic mass is 10.2. The van der Waals surface area contributed by atoms with Crippen LogP contribution in [0.2, 0.25) is 0 Å². The monoisotopic (exact) mass is 390 g/mol. The Morgan fingerprint density at radius 2 is 2.00 bits per heavy atom. The van der Waals surface area contributed by atoms with Gasteiger partial charge < -0.3 is 0 Å². The first-order chi connectivity index (χ1) is 11.1. The highest BCUT2D eigenvalue weighted by Gasteiger charge is 2.09. The second-order valence-electron chi connectivity index (χ2n) is 4.69. The summed E-state index contributed by atoms with van der Waals surface area (Å²) in [5, 5.41) is 18.5. The molecular weight excluding hydrogens is 380 g/mol. The van der Waals surface area contributed by atoms with E-state index in [0.29, 0.717) is 16.7 Å². The Hall–Kier alpha value is -2.19. The van der Waals surface area contributed by atoms with Crippen molar-refractivity contribution < 1.29 is 4.92 Å². The molecular formula is C15H11BrN4O2S. The number of non-ortho nitro benzene ring substituents is 1. The van der Waals surface area contributed by atoms with Crippen molar-refractivity contribution in [3.8, 4) is 11.4 Å². The first-order valence-corrected chi connectivity index (χ1v) is 8.44. The van der Waals surface area contributed by atoms with E-state index in [2.05, 4.69) is 31.1 Å². The summed E-state index contributed by atoms with van der Waals surface area (Å²) in [5.41, 5.74) is 1.90. The van der Waals surface area contributed by atoms with E-state index in [0.717, 1.165) is 15.6 Å². The molecule has 0 radical (unpaired) electrons. The molecule has 2 aromatic carbocycles. The highest BCUT2D eigenvalue weighted by atomic mass is 79.9. The number of nitrogens with one attached hydrogen (secondary N) is 1. The fourth-order valence-corrected chi connectivity index (χ4v) is 2.96. The van der Waals surface area contributed by atoms with Gasteiger partial charge in [0.1, 0.15) is 0 Å². The van der Waals surface area contributed by atoms with Gasteiger partial charge in [-0.05, 0) is 17.7 Å². The van der Waals surface area contributed by atoms with E-state index in [1.807, 2.05) is 30.3 Å². The van der Waals surface area contributed by atoms with Gasteiger partial charge in [-0.15, -0.1) is 5.10 Å². The quantitative estimate of drug-likeness (QED) is 0.395. The summed E-state index contributed by atoms with van der Waals surface area (Å²) in [6, 6.07) is 14.3. The number of H-pyrrole nitrogens is 1. The van der Waals surface area contributed by atoms with Crippen LogP contribution in [0.25, 0.3) is 11.4 Å². The topological polar surface area (TPSA) is 84.7 Å². The van der Waals surface area contributed by atoms with Gasteiger partial charge in [-0.2, -0.15) is 0 Å². The molecule has 8 heteroatoms. The SMILES string of the molecule is O=[N+]([O-])c1cccc(CSc2n[nH]c(-c3ccc(Br)cc3)n2)c1. The standard InChI is InChI=1S/C15H11BrN4O2S/c16-12-6-4-11(5-7-12)14-17-15(19-18-14)23-9-10-2-1-3-13(8-10)20(21)22/h1-8H,9H2,(H,17,18,19). The molecule has 0 aliphatic carbocycles. The van der Waals surface area contributed by atoms with Crippen molar-refractivity contribution in [3.05, 3.63) is 68.7 Å². The Labute approximate surface area is 144 Å². The van der Waals surface area contributed by atoms with Crippen molar-refractivity contribution >= 4 is 33.4 Å². The van der Waals surface area contributed by atoms with Crippen LogP contribution in [-0.2, 0) is 5.75 Å². The first kappa shape index (κ1) is 15.7. The predicted octanol–water partition coefficient (Wildman–Crippen LogP) is 4.43. The molecule has 116 valence electrons. The first-order valence-electron chi connectivity index (χ1n) is 6.66. The number of nitro groups is 1. The van der Waals surface area contributed by atoms with Gasteiger partial charge in [-0.1, -0.05) is 52.0 Å². The summed E-state index contributed by atoms with van der Waals surface area (Å²) in [6.07, 6.45) is 0. The normalized spacial score (nSPS) is 10.7. The molecule has 0 aliphatic rings. The maximum absolute atomic E-state index is 10.8. The van der Waals surface area contributed by atoms with Crippen LogP contribution >= 0.6 is 27.7 Å². The summed E-state index contributed by atoms with van der Waals surface area (Å²) in [6.45, 7) is 0. The van der Waals surface area contributed by atoms with Gasteiger partial charge in [0.25, 0.3) is 5.69 Å². The van der Waals surface area contributed by atoms with E-state index in [1.165, 1.54) is 17.8 Å². The van der Waals surface area contributed by atoms with Gasteiger partial charge in [0.2, 0.25) is 5.16 Å². The molecule has 1 N–H and O–H groups in total. The molecule has 23 heavy (non-hydrogen) atoms. The lowest BCUT2D eigenvalue weighted by Crippen LogP contribution is -1.89. The lowest BCUT2D eigenvalue weighted by Gasteiger charge is -1.98. The Morgan fingerprint density at radius 3 is 2.74 bits per heavy atom. The molecule has 1 aromatic heterocycles. The molecule has 0 aliphatic heterocycles. The predicted molar refractivity (Wildman–Crippen MR) is 92.2 cm³/mol. The number of hydrogen-bond donors (Lipinski definition) is 1. The largest absolute Gasteiger partial charge is 0.269 e. The Morgan fingerprint density at radius 1 is 1.22 bits per heavy atom. The van der Waals surface area contributed by atoms with Crippen LogP contribution < -0.4 is 0 Å². The molecule has 0 fully saturated rings. The zero-order valence-corrected chi connectivity index (χ0v) is 14.2. The van der Waals surface area contributed by atoms with Crippen LogP contribution in [0.15, 0.2) is 58.2 Å². The average Bonchev–Trinajstić information content (AvgIpc) is 3.03. The lowest BCUT2D eigenvalue weighted by molar-refractivity contribution is -0.384. The molecule has 0 unspecified atom stereocenters. The molecule has 3 aromatic rings. The molecule has 0 saturated heterocycles. The molecule has 3 rings (SSSR count). The summed E-state index contributed by atoms with van der Waals surface area (Å²) < 4.78 is 1.00. The number of rotatable bonds is 5. The summed E-state index contributed by atoms with van der Waals surface area (Å²) in [7, 11) is 0. The highest BCUT2D eigenvalue weighted by Crippen LogP contribution is 2.24. The van der Waals surface area contributed by atoms with Crippen LogP contribution in [0, 0.1) is 10.1 Å². The summed E-state index contributed by atoms with van der Waals surface area (Å²) >= 11 is 4.82. The van der Waals surface area contributed by atoms with Crippen molar-refractivity contribution in [3.63, 3.8) is 0 Å². The van der Waals surface area contributed by atoms with E-state index in [-0.39, 0.29) is 5.69 Å². The van der Waals surface area contributed by atoms with Crippen molar-refractivity contribution in [1.29, 1.82) is 0 Å². The third-order valence-electron chi connectivity index (χ3n) is 3.07. The molecule has 0 saturated carbocycles. The number of nitro benzene ring substituents is 1. The van der Waals surface area contributed by atoms with Gasteiger partial charge in [-0.25, -0.2) is 4.98 Å². The minimum absolute atomic E-state index is 0.0913. The molecule has 0 bridgehead atoms. The van der Waals surface area contributed by atoms with Gasteiger partial charge in [-0.3, -0.25) is 15.2 Å². The maximum atomic E-state index is 10.8. The van der Waals surface area contributed by atoms with Crippen LogP contribution in [0.5, 0.6) is 0 Å². The van der Waals surface area contributed by atoms with Crippen LogP contribution in [0.1, 0.15) is 5.56 Å². The van der Waals surface area contributed by atoms with E-state index in [4.69, 9.17) is 0 Å². The van der Waals surface area contributed by atoms with Crippen molar-refractivity contribution in [2.24, 2.45) is 0 Å². The number of benzene rings is 2. The second-order valence-corrected chi connectivity index (χ2v) is 6.55. The fourth-order valence-electron chi connectivity index (χ4n) is 1.96. The number of aromatic nitrogens is 3. The van der Waals surface area contributed by atoms with Gasteiger partial charge in [0.05, 0.1) is 4.92 Å². The molecule has 0 amide bonds. The van der Waals surface area contributed by atoms with E-state index >= 15 is 0 Å². The van der Waals surface area contributed by atoms with Crippen LogP contribution in [-0.4, -0.2) is 20.1 Å². The van der Waals surface area contributed by atoms with Crippen molar-refractivity contribution in [2.75, 3.05) is 0 Å². The smallest absolute Gasteiger partial charge is 0.258 e. The van der Waals surface area contributed by atoms with Crippen molar-refractivity contribution in [2.45, 2.75) is 10.9 Å². The average molecular weight is 391 g/mol. The summed E-state index contributed by atoms with van der Waals surface area (Å²) in [4.78, 5) is 14.8. The van der Waals surface area contributed by atoms with E-state index in [1.54, 1.807) is 12.1 Å². The van der Waals surface area contributed by atoms with Crippen LogP contribution in [0.3, 0.4) is 0 Å². The Kier molecular flexibility index (Phi) is 4.73. The minimum atomic E-state index is -0.396. The van der Waals surface area contributed by atoms with Gasteiger partial charge in [0, 0.05) is 27.9 Å². The van der Waals surface area contributed by atoms with Gasteiger partial charge >= 0.3 is 0 Å². The number of nitrogens with zero attached hydrogens (tertiary/aromatic N) is 3. The minimum Gasteiger partial charge on any atom is -0.258 e. The molecule has 1 heterocycles. The van der Waals surface area contributed by atoms with Crippen molar-refractivity contribution in [1.82, 2.24) is 15.2 Å². The fraction of sp³-hybridized carbons (Fsp3) is 0.0667.